The number of carbonyl (C=O) groups excluding carboxylic acids is 2. The van der Waals surface area contributed by atoms with Gasteiger partial charge in [0.15, 0.2) is 0 Å². The second kappa shape index (κ2) is 7.29. The number of imide groups is 1. The zero-order valence-electron chi connectivity index (χ0n) is 17.1. The fraction of sp³-hybridized carbons (Fsp3) is 0.160. The molecule has 6 heteroatoms. The van der Waals surface area contributed by atoms with Crippen molar-refractivity contribution in [3.63, 3.8) is 0 Å². The first kappa shape index (κ1) is 18.9. The Morgan fingerprint density at radius 3 is 2.58 bits per heavy atom. The lowest BCUT2D eigenvalue weighted by atomic mass is 10.1. The first-order valence-electron chi connectivity index (χ1n) is 10.2. The van der Waals surface area contributed by atoms with Crippen LogP contribution in [0.4, 0.5) is 5.69 Å². The van der Waals surface area contributed by atoms with Crippen LogP contribution in [0.5, 0.6) is 0 Å². The van der Waals surface area contributed by atoms with Crippen LogP contribution < -0.4 is 4.90 Å². The van der Waals surface area contributed by atoms with Crippen LogP contribution in [-0.4, -0.2) is 21.4 Å². The highest BCUT2D eigenvalue weighted by Gasteiger charge is 2.37. The Balaban J connectivity index is 1.61. The number of nitrogens with one attached hydrogen (secondary N) is 1. The van der Waals surface area contributed by atoms with E-state index in [1.54, 1.807) is 0 Å². The Bertz CT molecular complexity index is 1430. The normalized spacial score (nSPS) is 13.9. The van der Waals surface area contributed by atoms with E-state index < -0.39 is 0 Å². The van der Waals surface area contributed by atoms with Crippen molar-refractivity contribution < 1.29 is 9.59 Å². The SMILES string of the molecule is Cn1cc(C2=CC(=O)N(c3c(CCCC#N)[nH]c4ccccc34)C2=O)c2ccccc21. The summed E-state index contributed by atoms with van der Waals surface area (Å²) in [5.41, 5.74) is 4.41. The second-order valence-electron chi connectivity index (χ2n) is 7.72. The van der Waals surface area contributed by atoms with E-state index in [0.29, 0.717) is 30.5 Å². The van der Waals surface area contributed by atoms with Gasteiger partial charge < -0.3 is 9.55 Å². The number of anilines is 1. The summed E-state index contributed by atoms with van der Waals surface area (Å²) in [5.74, 6) is -0.674. The van der Waals surface area contributed by atoms with Crippen LogP contribution in [0.1, 0.15) is 24.1 Å². The molecule has 5 rings (SSSR count). The molecule has 0 spiro atoms. The zero-order valence-corrected chi connectivity index (χ0v) is 17.1. The maximum Gasteiger partial charge on any atom is 0.266 e. The first-order chi connectivity index (χ1) is 15.1. The minimum atomic E-state index is -0.348. The first-order valence-corrected chi connectivity index (χ1v) is 10.2. The van der Waals surface area contributed by atoms with Gasteiger partial charge in [0.2, 0.25) is 0 Å². The molecule has 0 saturated heterocycles. The summed E-state index contributed by atoms with van der Waals surface area (Å²) in [6.45, 7) is 0. The Labute approximate surface area is 179 Å². The van der Waals surface area contributed by atoms with E-state index in [0.717, 1.165) is 33.1 Å². The summed E-state index contributed by atoms with van der Waals surface area (Å²) >= 11 is 0. The molecule has 31 heavy (non-hydrogen) atoms. The van der Waals surface area contributed by atoms with Crippen molar-refractivity contribution in [3.8, 4) is 6.07 Å². The Morgan fingerprint density at radius 2 is 1.77 bits per heavy atom. The minimum absolute atomic E-state index is 0.326. The molecule has 152 valence electrons. The van der Waals surface area contributed by atoms with Crippen molar-refractivity contribution >= 4 is 44.9 Å². The lowest BCUT2D eigenvalue weighted by Crippen LogP contribution is -2.31. The van der Waals surface area contributed by atoms with Crippen molar-refractivity contribution in [2.75, 3.05) is 4.90 Å². The number of benzene rings is 2. The Morgan fingerprint density at radius 1 is 1.03 bits per heavy atom. The molecule has 2 aromatic heterocycles. The quantitative estimate of drug-likeness (QED) is 0.391. The van der Waals surface area contributed by atoms with Gasteiger partial charge in [0.25, 0.3) is 11.8 Å². The molecule has 0 unspecified atom stereocenters. The van der Waals surface area contributed by atoms with E-state index in [-0.39, 0.29) is 11.8 Å². The van der Waals surface area contributed by atoms with Gasteiger partial charge in [-0.2, -0.15) is 5.26 Å². The van der Waals surface area contributed by atoms with Crippen LogP contribution in [0.25, 0.3) is 27.4 Å². The van der Waals surface area contributed by atoms with Crippen LogP contribution in [0.2, 0.25) is 0 Å². The number of unbranched alkanes of at least 4 members (excludes halogenated alkanes) is 1. The van der Waals surface area contributed by atoms with Gasteiger partial charge in [-0.15, -0.1) is 0 Å². The van der Waals surface area contributed by atoms with E-state index >= 15 is 0 Å². The van der Waals surface area contributed by atoms with Crippen molar-refractivity contribution in [2.45, 2.75) is 19.3 Å². The Kier molecular flexibility index (Phi) is 4.45. The summed E-state index contributed by atoms with van der Waals surface area (Å²) in [6.07, 6.45) is 4.98. The van der Waals surface area contributed by atoms with E-state index in [1.165, 1.54) is 11.0 Å². The lowest BCUT2D eigenvalue weighted by Gasteiger charge is -2.16. The molecule has 2 amide bonds. The molecule has 1 N–H and O–H groups in total. The topological polar surface area (TPSA) is 81.9 Å². The number of rotatable bonds is 5. The maximum absolute atomic E-state index is 13.6. The third-order valence-electron chi connectivity index (χ3n) is 5.80. The maximum atomic E-state index is 13.6. The van der Waals surface area contributed by atoms with E-state index in [4.69, 9.17) is 5.26 Å². The summed E-state index contributed by atoms with van der Waals surface area (Å²) < 4.78 is 1.96. The minimum Gasteiger partial charge on any atom is -0.357 e. The molecular weight excluding hydrogens is 388 g/mol. The fourth-order valence-electron chi connectivity index (χ4n) is 4.39. The number of aryl methyl sites for hydroxylation is 2. The highest BCUT2D eigenvalue weighted by molar-refractivity contribution is 6.45. The van der Waals surface area contributed by atoms with Crippen LogP contribution in [0, 0.1) is 11.3 Å². The van der Waals surface area contributed by atoms with Gasteiger partial charge in [-0.25, -0.2) is 4.90 Å². The summed E-state index contributed by atoms with van der Waals surface area (Å²) in [6, 6.07) is 17.6. The molecule has 0 atom stereocenters. The number of hydrogen-bond acceptors (Lipinski definition) is 3. The molecule has 6 nitrogen and oxygen atoms in total. The van der Waals surface area contributed by atoms with Gasteiger partial charge in [-0.1, -0.05) is 36.4 Å². The van der Waals surface area contributed by atoms with E-state index in [1.807, 2.05) is 66.3 Å². The van der Waals surface area contributed by atoms with Gasteiger partial charge in [0.1, 0.15) is 0 Å². The number of amides is 2. The molecule has 1 aliphatic rings. The molecule has 2 aromatic carbocycles. The summed E-state index contributed by atoms with van der Waals surface area (Å²) in [4.78, 5) is 31.3. The molecule has 3 heterocycles. The highest BCUT2D eigenvalue weighted by atomic mass is 16.2. The molecule has 1 aliphatic heterocycles. The number of hydrogen-bond donors (Lipinski definition) is 1. The Hall–Kier alpha value is -4.11. The average molecular weight is 408 g/mol. The van der Waals surface area contributed by atoms with E-state index in [2.05, 4.69) is 11.1 Å². The number of nitrogens with zero attached hydrogens (tertiary/aromatic N) is 3. The average Bonchev–Trinajstić information content (AvgIpc) is 3.40. The van der Waals surface area contributed by atoms with Crippen molar-refractivity contribution in [3.05, 3.63) is 72.1 Å². The molecular formula is C25H20N4O2. The number of fused-ring (bicyclic) bond motifs is 2. The monoisotopic (exact) mass is 408 g/mol. The van der Waals surface area contributed by atoms with Gasteiger partial charge in [-0.05, 0) is 25.0 Å². The predicted octanol–water partition coefficient (Wildman–Crippen LogP) is 4.46. The van der Waals surface area contributed by atoms with Crippen molar-refractivity contribution in [1.29, 1.82) is 5.26 Å². The number of aromatic amines is 1. The molecule has 4 aromatic rings. The highest BCUT2D eigenvalue weighted by Crippen LogP contribution is 2.38. The van der Waals surface area contributed by atoms with Crippen molar-refractivity contribution in [2.24, 2.45) is 7.05 Å². The molecule has 0 bridgehead atoms. The predicted molar refractivity (Wildman–Crippen MR) is 120 cm³/mol. The largest absolute Gasteiger partial charge is 0.357 e. The third-order valence-corrected chi connectivity index (χ3v) is 5.80. The molecule has 0 fully saturated rings. The molecule has 0 saturated carbocycles. The number of nitriles is 1. The van der Waals surface area contributed by atoms with Crippen LogP contribution >= 0.6 is 0 Å². The zero-order chi connectivity index (χ0) is 21.5. The fourth-order valence-corrected chi connectivity index (χ4v) is 4.39. The number of aromatic nitrogens is 2. The summed E-state index contributed by atoms with van der Waals surface area (Å²) in [7, 11) is 1.93. The number of carbonyl (C=O) groups is 2. The molecule has 0 radical (unpaired) electrons. The van der Waals surface area contributed by atoms with Gasteiger partial charge in [0, 0.05) is 58.8 Å². The second-order valence-corrected chi connectivity index (χ2v) is 7.72. The summed E-state index contributed by atoms with van der Waals surface area (Å²) in [5, 5.41) is 10.7. The van der Waals surface area contributed by atoms with E-state index in [9.17, 15) is 9.59 Å². The van der Waals surface area contributed by atoms with Gasteiger partial charge in [0.05, 0.1) is 17.3 Å². The van der Waals surface area contributed by atoms with Crippen LogP contribution in [0.15, 0.2) is 60.8 Å². The van der Waals surface area contributed by atoms with Crippen LogP contribution in [-0.2, 0) is 23.1 Å². The van der Waals surface area contributed by atoms with Gasteiger partial charge in [-0.3, -0.25) is 9.59 Å². The number of para-hydroxylation sites is 2. The smallest absolute Gasteiger partial charge is 0.266 e. The number of H-pyrrole nitrogens is 1. The standard InChI is InChI=1S/C25H20N4O2/c1-28-15-19(16-8-3-5-12-22(16)28)18-14-23(30)29(25(18)31)24-17-9-2-4-10-20(17)27-21(24)11-6-7-13-26/h2-5,8-10,12,14-15,27H,6-7,11H2,1H3. The lowest BCUT2D eigenvalue weighted by molar-refractivity contribution is -0.119. The van der Waals surface area contributed by atoms with Gasteiger partial charge >= 0.3 is 0 Å². The van der Waals surface area contributed by atoms with Crippen LogP contribution in [0.3, 0.4) is 0 Å². The van der Waals surface area contributed by atoms with Crippen molar-refractivity contribution in [1.82, 2.24) is 9.55 Å². The molecule has 0 aliphatic carbocycles. The third kappa shape index (κ3) is 2.94.